The molecule has 1 aliphatic rings. The first-order valence-corrected chi connectivity index (χ1v) is 5.89. The second-order valence-electron chi connectivity index (χ2n) is 3.90. The zero-order valence-corrected chi connectivity index (χ0v) is 10.7. The lowest BCUT2D eigenvalue weighted by molar-refractivity contribution is 0.0600. The number of ketones is 1. The number of methoxy groups -OCH3 is 1. The summed E-state index contributed by atoms with van der Waals surface area (Å²) in [5.74, 6) is -1.17. The lowest BCUT2D eigenvalue weighted by atomic mass is 9.88. The van der Waals surface area contributed by atoms with Crippen molar-refractivity contribution >= 4 is 27.7 Å². The van der Waals surface area contributed by atoms with Crippen LogP contribution in [0.1, 0.15) is 32.7 Å². The Balaban J connectivity index is 2.48. The summed E-state index contributed by atoms with van der Waals surface area (Å²) < 4.78 is 16.3. The molecule has 0 spiro atoms. The normalized spacial score (nSPS) is 23.1. The summed E-state index contributed by atoms with van der Waals surface area (Å²) in [6.07, 6.45) is 0.570. The number of esters is 1. The van der Waals surface area contributed by atoms with Crippen molar-refractivity contribution in [2.24, 2.45) is 0 Å². The lowest BCUT2D eigenvalue weighted by Crippen LogP contribution is -2.32. The summed E-state index contributed by atoms with van der Waals surface area (Å²) >= 11 is 2.77. The standard InChI is InChI=1S/C12H10BrFO3/c1-17-11(16)8-3-2-7-4-5-12(13,14)10(15)9(7)6-8/h2-3,6H,4-5H2,1H3. The highest BCUT2D eigenvalue weighted by Gasteiger charge is 2.40. The van der Waals surface area contributed by atoms with Gasteiger partial charge < -0.3 is 4.74 Å². The quantitative estimate of drug-likeness (QED) is 0.591. The van der Waals surface area contributed by atoms with Crippen molar-refractivity contribution in [2.75, 3.05) is 7.11 Å². The van der Waals surface area contributed by atoms with Crippen molar-refractivity contribution in [1.29, 1.82) is 0 Å². The van der Waals surface area contributed by atoms with Gasteiger partial charge in [-0.25, -0.2) is 9.18 Å². The maximum absolute atomic E-state index is 13.8. The first-order chi connectivity index (χ1) is 7.95. The van der Waals surface area contributed by atoms with Crippen LogP contribution in [0.4, 0.5) is 4.39 Å². The number of benzene rings is 1. The van der Waals surface area contributed by atoms with E-state index in [1.54, 1.807) is 12.1 Å². The van der Waals surface area contributed by atoms with E-state index in [2.05, 4.69) is 20.7 Å². The zero-order chi connectivity index (χ0) is 12.6. The van der Waals surface area contributed by atoms with E-state index in [1.165, 1.54) is 13.2 Å². The van der Waals surface area contributed by atoms with Crippen molar-refractivity contribution in [1.82, 2.24) is 0 Å². The zero-order valence-electron chi connectivity index (χ0n) is 9.13. The number of hydrogen-bond acceptors (Lipinski definition) is 3. The third-order valence-electron chi connectivity index (χ3n) is 2.82. The Morgan fingerprint density at radius 3 is 2.88 bits per heavy atom. The molecule has 1 atom stereocenters. The Morgan fingerprint density at radius 1 is 1.53 bits per heavy atom. The Hall–Kier alpha value is -1.23. The number of rotatable bonds is 1. The molecule has 1 aromatic carbocycles. The highest BCUT2D eigenvalue weighted by atomic mass is 79.9. The fraction of sp³-hybridized carbons (Fsp3) is 0.333. The molecule has 0 fully saturated rings. The number of Topliss-reactive ketones (excluding diaryl/α,β-unsaturated/α-hetero) is 1. The Kier molecular flexibility index (Phi) is 3.03. The minimum Gasteiger partial charge on any atom is -0.465 e. The van der Waals surface area contributed by atoms with E-state index in [0.717, 1.165) is 5.56 Å². The van der Waals surface area contributed by atoms with Crippen molar-refractivity contribution in [3.63, 3.8) is 0 Å². The van der Waals surface area contributed by atoms with Gasteiger partial charge in [-0.2, -0.15) is 0 Å². The van der Waals surface area contributed by atoms with Crippen molar-refractivity contribution in [3.05, 3.63) is 34.9 Å². The third kappa shape index (κ3) is 2.11. The average Bonchev–Trinajstić information content (AvgIpc) is 2.33. The number of hydrogen-bond donors (Lipinski definition) is 0. The smallest absolute Gasteiger partial charge is 0.337 e. The van der Waals surface area contributed by atoms with Gasteiger partial charge in [0, 0.05) is 12.0 Å². The molecule has 0 aliphatic heterocycles. The summed E-state index contributed by atoms with van der Waals surface area (Å²) in [6, 6.07) is 4.64. The van der Waals surface area contributed by atoms with Crippen LogP contribution in [0.25, 0.3) is 0 Å². The highest BCUT2D eigenvalue weighted by molar-refractivity contribution is 9.10. The van der Waals surface area contributed by atoms with Gasteiger partial charge in [0.25, 0.3) is 0 Å². The van der Waals surface area contributed by atoms with Crippen molar-refractivity contribution in [2.45, 2.75) is 17.4 Å². The molecule has 3 nitrogen and oxygen atoms in total. The van der Waals surface area contributed by atoms with Crippen LogP contribution < -0.4 is 0 Å². The van der Waals surface area contributed by atoms with Gasteiger partial charge in [0.15, 0.2) is 0 Å². The third-order valence-corrected chi connectivity index (χ3v) is 3.57. The van der Waals surface area contributed by atoms with Gasteiger partial charge in [-0.15, -0.1) is 0 Å². The summed E-state index contributed by atoms with van der Waals surface area (Å²) in [7, 11) is 1.26. The Morgan fingerprint density at radius 2 is 2.24 bits per heavy atom. The van der Waals surface area contributed by atoms with E-state index in [-0.39, 0.29) is 17.5 Å². The molecule has 90 valence electrons. The van der Waals surface area contributed by atoms with E-state index < -0.39 is 16.3 Å². The van der Waals surface area contributed by atoms with Crippen LogP contribution in [-0.4, -0.2) is 23.4 Å². The van der Waals surface area contributed by atoms with E-state index in [0.29, 0.717) is 6.42 Å². The molecule has 0 saturated carbocycles. The Labute approximate surface area is 106 Å². The van der Waals surface area contributed by atoms with Crippen molar-refractivity contribution in [3.8, 4) is 0 Å². The molecule has 0 aromatic heterocycles. The van der Waals surface area contributed by atoms with Gasteiger partial charge in [0.1, 0.15) is 0 Å². The minimum absolute atomic E-state index is 0.108. The number of carbonyl (C=O) groups excluding carboxylic acids is 2. The SMILES string of the molecule is COC(=O)c1ccc2c(c1)C(=O)C(F)(Br)CC2. The predicted molar refractivity (Wildman–Crippen MR) is 63.2 cm³/mol. The second kappa shape index (κ2) is 4.22. The molecular formula is C12H10BrFO3. The number of halogens is 2. The molecule has 2 rings (SSSR count). The molecule has 1 aliphatic carbocycles. The predicted octanol–water partition coefficient (Wildman–Crippen LogP) is 2.66. The van der Waals surface area contributed by atoms with E-state index in [4.69, 9.17) is 0 Å². The molecule has 0 radical (unpaired) electrons. The summed E-state index contributed by atoms with van der Waals surface area (Å²) in [4.78, 5) is 23.2. The van der Waals surface area contributed by atoms with Gasteiger partial charge in [0.05, 0.1) is 12.7 Å². The molecule has 0 heterocycles. The molecule has 17 heavy (non-hydrogen) atoms. The summed E-state index contributed by atoms with van der Waals surface area (Å²) in [6.45, 7) is 0. The first-order valence-electron chi connectivity index (χ1n) is 5.09. The average molecular weight is 301 g/mol. The van der Waals surface area contributed by atoms with Gasteiger partial charge >= 0.3 is 5.97 Å². The minimum atomic E-state index is -2.02. The monoisotopic (exact) mass is 300 g/mol. The fourth-order valence-corrected chi connectivity index (χ4v) is 2.26. The molecule has 0 bridgehead atoms. The van der Waals surface area contributed by atoms with Gasteiger partial charge in [-0.05, 0) is 40.0 Å². The van der Waals surface area contributed by atoms with Gasteiger partial charge in [-0.3, -0.25) is 4.79 Å². The summed E-state index contributed by atoms with van der Waals surface area (Å²) in [5, 5.41) is 0. The highest BCUT2D eigenvalue weighted by Crippen LogP contribution is 2.36. The molecule has 1 aromatic rings. The van der Waals surface area contributed by atoms with Crippen LogP contribution in [0.15, 0.2) is 18.2 Å². The largest absolute Gasteiger partial charge is 0.465 e. The lowest BCUT2D eigenvalue weighted by Gasteiger charge is -2.24. The topological polar surface area (TPSA) is 43.4 Å². The molecule has 5 heteroatoms. The van der Waals surface area contributed by atoms with Crippen molar-refractivity contribution < 1.29 is 18.7 Å². The van der Waals surface area contributed by atoms with Crippen LogP contribution in [0.5, 0.6) is 0 Å². The van der Waals surface area contributed by atoms with Crippen LogP contribution >= 0.6 is 15.9 Å². The van der Waals surface area contributed by atoms with Crippen LogP contribution in [0, 0.1) is 0 Å². The van der Waals surface area contributed by atoms with E-state index in [9.17, 15) is 14.0 Å². The second-order valence-corrected chi connectivity index (χ2v) is 5.15. The van der Waals surface area contributed by atoms with Crippen LogP contribution in [-0.2, 0) is 11.2 Å². The van der Waals surface area contributed by atoms with Crippen LogP contribution in [0.3, 0.4) is 0 Å². The Bertz CT molecular complexity index is 497. The van der Waals surface area contributed by atoms with Gasteiger partial charge in [0.2, 0.25) is 10.4 Å². The molecule has 0 saturated heterocycles. The number of alkyl halides is 2. The number of fused-ring (bicyclic) bond motifs is 1. The molecule has 1 unspecified atom stereocenters. The molecular weight excluding hydrogens is 291 g/mol. The van der Waals surface area contributed by atoms with Gasteiger partial charge in [-0.1, -0.05) is 6.07 Å². The summed E-state index contributed by atoms with van der Waals surface area (Å²) in [5.41, 5.74) is 1.26. The van der Waals surface area contributed by atoms with E-state index in [1.807, 2.05) is 0 Å². The maximum Gasteiger partial charge on any atom is 0.337 e. The maximum atomic E-state index is 13.8. The molecule has 0 amide bonds. The van der Waals surface area contributed by atoms with E-state index >= 15 is 0 Å². The molecule has 0 N–H and O–H groups in total. The number of aryl methyl sites for hydroxylation is 1. The number of carbonyl (C=O) groups is 2. The number of ether oxygens (including phenoxy) is 1. The first kappa shape index (κ1) is 12.2. The van der Waals surface area contributed by atoms with Crippen LogP contribution in [0.2, 0.25) is 0 Å². The fourth-order valence-electron chi connectivity index (χ4n) is 1.85.